The molecule has 0 unspecified atom stereocenters. The molecule has 0 aliphatic carbocycles. The molecule has 1 fully saturated rings. The number of nitrogen functional groups attached to an aromatic ring is 1. The van der Waals surface area contributed by atoms with Crippen LogP contribution < -0.4 is 20.5 Å². The highest BCUT2D eigenvalue weighted by molar-refractivity contribution is 5.59. The van der Waals surface area contributed by atoms with Crippen molar-refractivity contribution in [2.75, 3.05) is 31.2 Å². The number of nitrogens with zero attached hydrogens (tertiary/aromatic N) is 6. The van der Waals surface area contributed by atoms with E-state index in [1.807, 2.05) is 24.3 Å². The zero-order valence-corrected chi connectivity index (χ0v) is 21.0. The molecular formula is C28H28N8O2. The fourth-order valence-corrected chi connectivity index (χ4v) is 4.14. The van der Waals surface area contributed by atoms with Crippen LogP contribution in [-0.2, 0) is 6.54 Å². The van der Waals surface area contributed by atoms with Crippen LogP contribution in [0.3, 0.4) is 0 Å². The van der Waals surface area contributed by atoms with Gasteiger partial charge in [0.2, 0.25) is 5.88 Å². The Balaban J connectivity index is 1.22. The standard InChI is InChI=1S/C28H28N8O2/c1-36-10-8-22(9-11-36)37-24-16-33-27(34-17-24)21-6-2-5-20(12-21)15-32-28-26(30)31-18-25(35-28)38-23-7-3-4-19(13-23)14-29/h2-7,12-13,16-18,22H,8-11,15H2,1H3,(H2,30,31)(H,32,35). The minimum absolute atomic E-state index is 0.206. The van der Waals surface area contributed by atoms with Crippen molar-refractivity contribution in [3.63, 3.8) is 0 Å². The highest BCUT2D eigenvalue weighted by Crippen LogP contribution is 2.25. The van der Waals surface area contributed by atoms with Crippen LogP contribution in [0.15, 0.2) is 67.1 Å². The van der Waals surface area contributed by atoms with Crippen molar-refractivity contribution in [1.29, 1.82) is 5.26 Å². The van der Waals surface area contributed by atoms with E-state index in [0.29, 0.717) is 35.2 Å². The van der Waals surface area contributed by atoms with Crippen LogP contribution in [-0.4, -0.2) is 51.1 Å². The molecule has 192 valence electrons. The normalized spacial score (nSPS) is 14.0. The predicted octanol–water partition coefficient (Wildman–Crippen LogP) is 4.26. The second-order valence-electron chi connectivity index (χ2n) is 9.10. The van der Waals surface area contributed by atoms with Crippen molar-refractivity contribution in [1.82, 2.24) is 24.8 Å². The number of aromatic nitrogens is 4. The van der Waals surface area contributed by atoms with Gasteiger partial charge < -0.3 is 25.4 Å². The van der Waals surface area contributed by atoms with Gasteiger partial charge in [0.15, 0.2) is 23.2 Å². The van der Waals surface area contributed by atoms with Gasteiger partial charge in [0.1, 0.15) is 11.9 Å². The highest BCUT2D eigenvalue weighted by atomic mass is 16.5. The van der Waals surface area contributed by atoms with Gasteiger partial charge in [0.05, 0.1) is 30.2 Å². The predicted molar refractivity (Wildman–Crippen MR) is 144 cm³/mol. The van der Waals surface area contributed by atoms with E-state index >= 15 is 0 Å². The Bertz CT molecular complexity index is 1430. The number of hydrogen-bond donors (Lipinski definition) is 2. The van der Waals surface area contributed by atoms with Gasteiger partial charge in [0.25, 0.3) is 0 Å². The summed E-state index contributed by atoms with van der Waals surface area (Å²) in [5, 5.41) is 12.3. The largest absolute Gasteiger partial charge is 0.487 e. The summed E-state index contributed by atoms with van der Waals surface area (Å²) >= 11 is 0. The average Bonchev–Trinajstić information content (AvgIpc) is 2.95. The molecule has 1 saturated heterocycles. The lowest BCUT2D eigenvalue weighted by Crippen LogP contribution is -2.35. The molecule has 38 heavy (non-hydrogen) atoms. The Morgan fingerprint density at radius 3 is 2.61 bits per heavy atom. The number of piperidine rings is 1. The zero-order chi connectivity index (χ0) is 26.3. The lowest BCUT2D eigenvalue weighted by atomic mass is 10.1. The third-order valence-corrected chi connectivity index (χ3v) is 6.21. The molecule has 0 saturated carbocycles. The van der Waals surface area contributed by atoms with Crippen molar-refractivity contribution in [2.45, 2.75) is 25.5 Å². The van der Waals surface area contributed by atoms with Gasteiger partial charge in [-0.2, -0.15) is 10.2 Å². The molecule has 3 heterocycles. The van der Waals surface area contributed by atoms with Gasteiger partial charge in [-0.3, -0.25) is 0 Å². The first kappa shape index (κ1) is 24.9. The van der Waals surface area contributed by atoms with Crippen molar-refractivity contribution < 1.29 is 9.47 Å². The molecule has 2 aromatic heterocycles. The van der Waals surface area contributed by atoms with Gasteiger partial charge in [-0.25, -0.2) is 15.0 Å². The molecule has 5 rings (SSSR count). The van der Waals surface area contributed by atoms with E-state index in [9.17, 15) is 0 Å². The SMILES string of the molecule is CN1CCC(Oc2cnc(-c3cccc(CNc4nc(Oc5cccc(C#N)c5)cnc4N)c3)nc2)CC1. The number of nitrogens with two attached hydrogens (primary N) is 1. The first-order chi connectivity index (χ1) is 18.6. The van der Waals surface area contributed by atoms with Gasteiger partial charge in [-0.15, -0.1) is 0 Å². The highest BCUT2D eigenvalue weighted by Gasteiger charge is 2.18. The van der Waals surface area contributed by atoms with Crippen LogP contribution in [0.2, 0.25) is 0 Å². The van der Waals surface area contributed by atoms with Crippen LogP contribution in [0.25, 0.3) is 11.4 Å². The molecule has 0 radical (unpaired) electrons. The smallest absolute Gasteiger partial charge is 0.239 e. The summed E-state index contributed by atoms with van der Waals surface area (Å²) in [6.07, 6.45) is 7.13. The van der Waals surface area contributed by atoms with E-state index in [4.69, 9.17) is 20.5 Å². The van der Waals surface area contributed by atoms with Crippen molar-refractivity contribution in [3.8, 4) is 34.8 Å². The van der Waals surface area contributed by atoms with E-state index in [0.717, 1.165) is 37.1 Å². The van der Waals surface area contributed by atoms with Gasteiger partial charge in [0, 0.05) is 25.2 Å². The molecule has 10 heteroatoms. The fourth-order valence-electron chi connectivity index (χ4n) is 4.14. The van der Waals surface area contributed by atoms with Crippen LogP contribution in [0, 0.1) is 11.3 Å². The lowest BCUT2D eigenvalue weighted by molar-refractivity contribution is 0.113. The maximum absolute atomic E-state index is 9.08. The molecule has 10 nitrogen and oxygen atoms in total. The Kier molecular flexibility index (Phi) is 7.57. The summed E-state index contributed by atoms with van der Waals surface area (Å²) in [5.41, 5.74) is 8.41. The summed E-state index contributed by atoms with van der Waals surface area (Å²) in [4.78, 5) is 20.0. The lowest BCUT2D eigenvalue weighted by Gasteiger charge is -2.29. The number of hydrogen-bond acceptors (Lipinski definition) is 10. The summed E-state index contributed by atoms with van der Waals surface area (Å²) < 4.78 is 11.8. The third kappa shape index (κ3) is 6.32. The molecule has 3 N–H and O–H groups in total. The van der Waals surface area contributed by atoms with Crippen LogP contribution >= 0.6 is 0 Å². The van der Waals surface area contributed by atoms with Crippen molar-refractivity contribution in [3.05, 3.63) is 78.2 Å². The number of nitriles is 1. The van der Waals surface area contributed by atoms with E-state index in [1.165, 1.54) is 6.20 Å². The first-order valence-corrected chi connectivity index (χ1v) is 12.4. The molecule has 0 amide bonds. The average molecular weight is 509 g/mol. The molecule has 0 atom stereocenters. The first-order valence-electron chi connectivity index (χ1n) is 12.4. The molecule has 2 aromatic carbocycles. The summed E-state index contributed by atoms with van der Waals surface area (Å²) in [6, 6.07) is 16.8. The molecular weight excluding hydrogens is 480 g/mol. The maximum atomic E-state index is 9.08. The fraction of sp³-hybridized carbons (Fsp3) is 0.250. The van der Waals surface area contributed by atoms with E-state index in [2.05, 4.69) is 43.3 Å². The van der Waals surface area contributed by atoms with Crippen molar-refractivity contribution in [2.24, 2.45) is 0 Å². The Morgan fingerprint density at radius 2 is 1.82 bits per heavy atom. The second kappa shape index (κ2) is 11.5. The maximum Gasteiger partial charge on any atom is 0.239 e. The molecule has 0 spiro atoms. The monoisotopic (exact) mass is 508 g/mol. The summed E-state index contributed by atoms with van der Waals surface area (Å²) in [6.45, 7) is 2.53. The minimum atomic E-state index is 0.206. The summed E-state index contributed by atoms with van der Waals surface area (Å²) in [5.74, 6) is 2.72. The van der Waals surface area contributed by atoms with E-state index in [1.54, 1.807) is 36.7 Å². The quantitative estimate of drug-likeness (QED) is 0.355. The number of nitrogens with one attached hydrogen (secondary N) is 1. The molecule has 0 bridgehead atoms. The number of anilines is 2. The number of rotatable bonds is 8. The minimum Gasteiger partial charge on any atom is -0.487 e. The van der Waals surface area contributed by atoms with Gasteiger partial charge in [-0.1, -0.05) is 24.3 Å². The van der Waals surface area contributed by atoms with Gasteiger partial charge in [-0.05, 0) is 49.7 Å². The number of benzene rings is 2. The second-order valence-corrected chi connectivity index (χ2v) is 9.10. The number of ether oxygens (including phenoxy) is 2. The van der Waals surface area contributed by atoms with Crippen LogP contribution in [0.4, 0.5) is 11.6 Å². The Morgan fingerprint density at radius 1 is 1.03 bits per heavy atom. The Hall–Kier alpha value is -4.75. The molecule has 1 aliphatic heterocycles. The summed E-state index contributed by atoms with van der Waals surface area (Å²) in [7, 11) is 2.13. The van der Waals surface area contributed by atoms with Crippen molar-refractivity contribution >= 4 is 11.6 Å². The third-order valence-electron chi connectivity index (χ3n) is 6.21. The van der Waals surface area contributed by atoms with Gasteiger partial charge >= 0.3 is 0 Å². The van der Waals surface area contributed by atoms with Crippen LogP contribution in [0.5, 0.6) is 17.4 Å². The molecule has 4 aromatic rings. The topological polar surface area (TPSA) is 135 Å². The van der Waals surface area contributed by atoms with Crippen LogP contribution in [0.1, 0.15) is 24.0 Å². The molecule has 1 aliphatic rings. The van der Waals surface area contributed by atoms with E-state index in [-0.39, 0.29) is 17.8 Å². The number of likely N-dealkylation sites (tertiary alicyclic amines) is 1. The Labute approximate surface area is 221 Å². The van der Waals surface area contributed by atoms with E-state index < -0.39 is 0 Å². The zero-order valence-electron chi connectivity index (χ0n) is 21.0.